The third-order valence-electron chi connectivity index (χ3n) is 3.45. The molecular weight excluding hydrogens is 286 g/mol. The maximum Gasteiger partial charge on any atom is 0.269 e. The lowest BCUT2D eigenvalue weighted by Crippen LogP contribution is -2.23. The van der Waals surface area contributed by atoms with E-state index in [9.17, 15) is 0 Å². The molecule has 1 unspecified atom stereocenters. The molecular formula is C15H13N3O2S. The molecule has 1 aromatic carbocycles. The average molecular weight is 299 g/mol. The summed E-state index contributed by atoms with van der Waals surface area (Å²) in [5.41, 5.74) is 3.15. The molecule has 3 aromatic rings. The highest BCUT2D eigenvalue weighted by atomic mass is 32.1. The van der Waals surface area contributed by atoms with Crippen molar-refractivity contribution in [1.29, 1.82) is 0 Å². The first-order valence-corrected chi connectivity index (χ1v) is 7.62. The lowest BCUT2D eigenvalue weighted by atomic mass is 10.2. The van der Waals surface area contributed by atoms with Gasteiger partial charge in [-0.1, -0.05) is 17.3 Å². The van der Waals surface area contributed by atoms with Gasteiger partial charge in [0.25, 0.3) is 5.89 Å². The van der Waals surface area contributed by atoms with Crippen molar-refractivity contribution in [3.8, 4) is 17.1 Å². The van der Waals surface area contributed by atoms with Crippen LogP contribution in [0.3, 0.4) is 0 Å². The molecule has 4 rings (SSSR count). The third-order valence-corrected chi connectivity index (χ3v) is 4.31. The lowest BCUT2D eigenvalue weighted by Gasteiger charge is -2.24. The topological polar surface area (TPSA) is 60.2 Å². The van der Waals surface area contributed by atoms with Crippen LogP contribution in [-0.2, 0) is 0 Å². The summed E-state index contributed by atoms with van der Waals surface area (Å²) >= 11 is 1.63. The first-order chi connectivity index (χ1) is 10.3. The number of benzene rings is 1. The van der Waals surface area contributed by atoms with Gasteiger partial charge in [-0.3, -0.25) is 0 Å². The monoisotopic (exact) mass is 299 g/mol. The van der Waals surface area contributed by atoms with Crippen molar-refractivity contribution in [3.63, 3.8) is 0 Å². The second-order valence-corrected chi connectivity index (χ2v) is 5.65. The van der Waals surface area contributed by atoms with Crippen LogP contribution >= 0.6 is 11.3 Å². The minimum absolute atomic E-state index is 0.264. The highest BCUT2D eigenvalue weighted by Crippen LogP contribution is 2.34. The van der Waals surface area contributed by atoms with Crippen molar-refractivity contribution in [2.24, 2.45) is 0 Å². The molecule has 21 heavy (non-hydrogen) atoms. The zero-order chi connectivity index (χ0) is 14.2. The molecule has 0 amide bonds. The van der Waals surface area contributed by atoms with Crippen LogP contribution in [0.1, 0.15) is 17.6 Å². The largest absolute Gasteiger partial charge is 0.477 e. The van der Waals surface area contributed by atoms with Crippen LogP contribution in [0.15, 0.2) is 39.5 Å². The number of fused-ring (bicyclic) bond motifs is 1. The Morgan fingerprint density at radius 1 is 1.29 bits per heavy atom. The van der Waals surface area contributed by atoms with Gasteiger partial charge in [0.1, 0.15) is 5.75 Å². The zero-order valence-corrected chi connectivity index (χ0v) is 12.2. The van der Waals surface area contributed by atoms with Gasteiger partial charge >= 0.3 is 0 Å². The number of hydrogen-bond donors (Lipinski definition) is 1. The highest BCUT2D eigenvalue weighted by Gasteiger charge is 2.26. The highest BCUT2D eigenvalue weighted by molar-refractivity contribution is 7.08. The van der Waals surface area contributed by atoms with Crippen LogP contribution in [0.25, 0.3) is 11.4 Å². The normalized spacial score (nSPS) is 16.9. The van der Waals surface area contributed by atoms with Crippen LogP contribution in [0.4, 0.5) is 5.69 Å². The maximum absolute atomic E-state index is 5.92. The van der Waals surface area contributed by atoms with E-state index in [1.807, 2.05) is 36.6 Å². The molecule has 5 nitrogen and oxygen atoms in total. The number of anilines is 1. The van der Waals surface area contributed by atoms with E-state index in [0.29, 0.717) is 18.3 Å². The van der Waals surface area contributed by atoms with E-state index >= 15 is 0 Å². The van der Waals surface area contributed by atoms with Crippen molar-refractivity contribution in [2.75, 3.05) is 11.9 Å². The Morgan fingerprint density at radius 2 is 2.19 bits per heavy atom. The van der Waals surface area contributed by atoms with Crippen LogP contribution in [0.5, 0.6) is 5.75 Å². The van der Waals surface area contributed by atoms with Crippen LogP contribution in [0.2, 0.25) is 0 Å². The fourth-order valence-electron chi connectivity index (χ4n) is 2.32. The standard InChI is InChI=1S/C15H13N3O2S/c1-9-7-21-8-10(9)14-17-15(20-18-14)13-6-16-11-4-2-3-5-12(11)19-13/h2-5,7-8,13,16H,6H2,1H3. The number of aryl methyl sites for hydroxylation is 1. The minimum atomic E-state index is -0.264. The third kappa shape index (κ3) is 2.17. The maximum atomic E-state index is 5.92. The van der Waals surface area contributed by atoms with Crippen LogP contribution < -0.4 is 10.1 Å². The summed E-state index contributed by atoms with van der Waals surface area (Å²) in [5, 5.41) is 11.5. The number of hydrogen-bond acceptors (Lipinski definition) is 6. The van der Waals surface area contributed by atoms with Gasteiger partial charge in [0, 0.05) is 10.9 Å². The number of para-hydroxylation sites is 2. The number of ether oxygens (including phenoxy) is 1. The summed E-state index contributed by atoms with van der Waals surface area (Å²) in [6, 6.07) is 7.82. The minimum Gasteiger partial charge on any atom is -0.477 e. The van der Waals surface area contributed by atoms with Gasteiger partial charge in [-0.25, -0.2) is 0 Å². The average Bonchev–Trinajstić information content (AvgIpc) is 3.15. The van der Waals surface area contributed by atoms with Crippen molar-refractivity contribution in [3.05, 3.63) is 46.5 Å². The van der Waals surface area contributed by atoms with E-state index in [4.69, 9.17) is 9.26 Å². The molecule has 1 aliphatic heterocycles. The van der Waals surface area contributed by atoms with E-state index in [-0.39, 0.29) is 6.10 Å². The Morgan fingerprint density at radius 3 is 3.05 bits per heavy atom. The molecule has 1 aliphatic rings. The Kier molecular flexibility index (Phi) is 2.89. The van der Waals surface area contributed by atoms with Crippen molar-refractivity contribution >= 4 is 17.0 Å². The molecule has 1 atom stereocenters. The molecule has 3 heterocycles. The molecule has 0 spiro atoms. The fourth-order valence-corrected chi connectivity index (χ4v) is 3.14. The van der Waals surface area contributed by atoms with Crippen molar-refractivity contribution in [2.45, 2.75) is 13.0 Å². The lowest BCUT2D eigenvalue weighted by molar-refractivity contribution is 0.163. The first-order valence-electron chi connectivity index (χ1n) is 6.67. The molecule has 0 aliphatic carbocycles. The fraction of sp³-hybridized carbons (Fsp3) is 0.200. The van der Waals surface area contributed by atoms with E-state index in [1.165, 1.54) is 0 Å². The predicted octanol–water partition coefficient (Wildman–Crippen LogP) is 3.65. The molecule has 106 valence electrons. The molecule has 0 bridgehead atoms. The van der Waals surface area contributed by atoms with Crippen molar-refractivity contribution in [1.82, 2.24) is 10.1 Å². The quantitative estimate of drug-likeness (QED) is 0.782. The predicted molar refractivity (Wildman–Crippen MR) is 80.6 cm³/mol. The van der Waals surface area contributed by atoms with E-state index < -0.39 is 0 Å². The number of nitrogens with one attached hydrogen (secondary N) is 1. The molecule has 2 aromatic heterocycles. The van der Waals surface area contributed by atoms with Gasteiger partial charge in [0.15, 0.2) is 6.10 Å². The second-order valence-electron chi connectivity index (χ2n) is 4.91. The molecule has 0 saturated heterocycles. The Hall–Kier alpha value is -2.34. The van der Waals surface area contributed by atoms with Gasteiger partial charge < -0.3 is 14.6 Å². The SMILES string of the molecule is Cc1cscc1-c1noc(C2CNc3ccccc3O2)n1. The summed E-state index contributed by atoms with van der Waals surface area (Å²) in [7, 11) is 0. The second kappa shape index (κ2) is 4.89. The first kappa shape index (κ1) is 12.4. The summed E-state index contributed by atoms with van der Waals surface area (Å²) < 4.78 is 11.3. The smallest absolute Gasteiger partial charge is 0.269 e. The Labute approximate surface area is 125 Å². The Bertz CT molecular complexity index is 781. The summed E-state index contributed by atoms with van der Waals surface area (Å²) in [4.78, 5) is 4.47. The van der Waals surface area contributed by atoms with Crippen LogP contribution in [-0.4, -0.2) is 16.7 Å². The molecule has 0 fully saturated rings. The van der Waals surface area contributed by atoms with E-state index in [2.05, 4.69) is 20.8 Å². The summed E-state index contributed by atoms with van der Waals surface area (Å²) in [5.74, 6) is 1.92. The van der Waals surface area contributed by atoms with Gasteiger partial charge in [0.2, 0.25) is 5.82 Å². The number of rotatable bonds is 2. The molecule has 1 N–H and O–H groups in total. The Balaban J connectivity index is 1.61. The number of nitrogens with zero attached hydrogens (tertiary/aromatic N) is 2. The van der Waals surface area contributed by atoms with Crippen LogP contribution in [0, 0.1) is 6.92 Å². The number of thiophene rings is 1. The molecule has 6 heteroatoms. The van der Waals surface area contributed by atoms with E-state index in [1.54, 1.807) is 11.3 Å². The van der Waals surface area contributed by atoms with E-state index in [0.717, 1.165) is 22.6 Å². The van der Waals surface area contributed by atoms with Gasteiger partial charge in [-0.05, 0) is 30.0 Å². The summed E-state index contributed by atoms with van der Waals surface area (Å²) in [6.45, 7) is 2.65. The molecule has 0 saturated carbocycles. The summed E-state index contributed by atoms with van der Waals surface area (Å²) in [6.07, 6.45) is -0.264. The zero-order valence-electron chi connectivity index (χ0n) is 11.4. The molecule has 0 radical (unpaired) electrons. The number of aromatic nitrogens is 2. The van der Waals surface area contributed by atoms with Crippen molar-refractivity contribution < 1.29 is 9.26 Å². The van der Waals surface area contributed by atoms with Gasteiger partial charge in [-0.15, -0.1) is 0 Å². The van der Waals surface area contributed by atoms with Gasteiger partial charge in [0.05, 0.1) is 12.2 Å². The van der Waals surface area contributed by atoms with Gasteiger partial charge in [-0.2, -0.15) is 16.3 Å².